The first-order valence-electron chi connectivity index (χ1n) is 8.86. The third kappa shape index (κ3) is 6.26. The van der Waals surface area contributed by atoms with Gasteiger partial charge < -0.3 is 10.1 Å². The Kier molecular flexibility index (Phi) is 6.24. The van der Waals surface area contributed by atoms with E-state index < -0.39 is 0 Å². The maximum atomic E-state index is 12.5. The molecular formula is C22H29NO2. The largest absolute Gasteiger partial charge is 0.491 e. The average Bonchev–Trinajstić information content (AvgIpc) is 2.48. The predicted molar refractivity (Wildman–Crippen MR) is 103 cm³/mol. The predicted octanol–water partition coefficient (Wildman–Crippen LogP) is 4.46. The van der Waals surface area contributed by atoms with Crippen LogP contribution < -0.4 is 10.1 Å². The second-order valence-electron chi connectivity index (χ2n) is 7.53. The number of nitrogens with one attached hydrogen (secondary N) is 1. The van der Waals surface area contributed by atoms with Crippen molar-refractivity contribution >= 4 is 5.91 Å². The first-order valence-corrected chi connectivity index (χ1v) is 8.86. The quantitative estimate of drug-likeness (QED) is 0.808. The summed E-state index contributed by atoms with van der Waals surface area (Å²) >= 11 is 0. The van der Waals surface area contributed by atoms with Gasteiger partial charge in [-0.2, -0.15) is 0 Å². The molecule has 0 bridgehead atoms. The van der Waals surface area contributed by atoms with Gasteiger partial charge in [0.2, 0.25) is 5.91 Å². The van der Waals surface area contributed by atoms with Crippen molar-refractivity contribution in [3.8, 4) is 5.75 Å². The summed E-state index contributed by atoms with van der Waals surface area (Å²) in [5.41, 5.74) is 3.18. The Balaban J connectivity index is 1.98. The number of carbonyl (C=O) groups excluding carboxylic acids is 1. The molecule has 1 amide bonds. The van der Waals surface area contributed by atoms with Crippen LogP contribution in [0.3, 0.4) is 0 Å². The maximum Gasteiger partial charge on any atom is 0.224 e. The van der Waals surface area contributed by atoms with Crippen LogP contribution >= 0.6 is 0 Å². The molecule has 0 saturated heterocycles. The molecule has 0 heterocycles. The molecule has 25 heavy (non-hydrogen) atoms. The minimum atomic E-state index is -0.296. The van der Waals surface area contributed by atoms with Crippen LogP contribution in [-0.2, 0) is 17.6 Å². The lowest BCUT2D eigenvalue weighted by Crippen LogP contribution is -2.45. The monoisotopic (exact) mass is 339 g/mol. The second kappa shape index (κ2) is 8.19. The summed E-state index contributed by atoms with van der Waals surface area (Å²) in [6, 6.07) is 16.1. The van der Waals surface area contributed by atoms with Crippen molar-refractivity contribution < 1.29 is 9.53 Å². The number of hydrogen-bond donors (Lipinski definition) is 1. The van der Waals surface area contributed by atoms with Gasteiger partial charge in [-0.25, -0.2) is 0 Å². The molecule has 2 rings (SSSR count). The smallest absolute Gasteiger partial charge is 0.224 e. The van der Waals surface area contributed by atoms with Crippen LogP contribution in [0.25, 0.3) is 0 Å². The molecule has 3 nitrogen and oxygen atoms in total. The number of rotatable bonds is 7. The number of benzene rings is 2. The molecule has 0 aliphatic heterocycles. The molecule has 0 radical (unpaired) electrons. The number of ether oxygens (including phenoxy) is 1. The van der Waals surface area contributed by atoms with Crippen molar-refractivity contribution in [3.05, 3.63) is 65.2 Å². The third-order valence-corrected chi connectivity index (χ3v) is 4.01. The number of aryl methyl sites for hydroxylation is 1. The highest BCUT2D eigenvalue weighted by molar-refractivity contribution is 5.79. The fourth-order valence-electron chi connectivity index (χ4n) is 2.94. The van der Waals surface area contributed by atoms with E-state index in [0.29, 0.717) is 6.42 Å². The van der Waals surface area contributed by atoms with Gasteiger partial charge in [-0.15, -0.1) is 0 Å². The molecule has 0 fully saturated rings. The molecule has 3 heteroatoms. The minimum absolute atomic E-state index is 0.0280. The van der Waals surface area contributed by atoms with E-state index in [-0.39, 0.29) is 17.6 Å². The Morgan fingerprint density at radius 3 is 2.52 bits per heavy atom. The van der Waals surface area contributed by atoms with Gasteiger partial charge in [0.15, 0.2) is 0 Å². The molecule has 0 unspecified atom stereocenters. The van der Waals surface area contributed by atoms with Gasteiger partial charge >= 0.3 is 0 Å². The van der Waals surface area contributed by atoms with Gasteiger partial charge in [0.05, 0.1) is 12.5 Å². The zero-order valence-electron chi connectivity index (χ0n) is 15.9. The average molecular weight is 339 g/mol. The Morgan fingerprint density at radius 1 is 1.12 bits per heavy atom. The van der Waals surface area contributed by atoms with Crippen LogP contribution in [0.1, 0.15) is 44.4 Å². The Hall–Kier alpha value is -2.29. The van der Waals surface area contributed by atoms with E-state index in [4.69, 9.17) is 4.74 Å². The van der Waals surface area contributed by atoms with Gasteiger partial charge in [-0.1, -0.05) is 36.4 Å². The molecule has 0 aliphatic carbocycles. The highest BCUT2D eigenvalue weighted by atomic mass is 16.5. The molecule has 0 aromatic heterocycles. The number of hydrogen-bond acceptors (Lipinski definition) is 2. The summed E-state index contributed by atoms with van der Waals surface area (Å²) in [7, 11) is 0. The number of amides is 1. The van der Waals surface area contributed by atoms with Crippen LogP contribution in [-0.4, -0.2) is 17.6 Å². The standard InChI is InChI=1S/C22H29NO2/c1-16(2)25-20-12-8-10-18(13-20)14-21(24)23-22(4,5)15-19-11-7-6-9-17(19)3/h6-13,16H,14-15H2,1-5H3,(H,23,24). The minimum Gasteiger partial charge on any atom is -0.491 e. The van der Waals surface area contributed by atoms with Gasteiger partial charge in [0.1, 0.15) is 5.75 Å². The van der Waals surface area contributed by atoms with E-state index >= 15 is 0 Å². The van der Waals surface area contributed by atoms with E-state index in [1.807, 2.05) is 50.2 Å². The fraction of sp³-hybridized carbons (Fsp3) is 0.409. The lowest BCUT2D eigenvalue weighted by atomic mass is 9.92. The van der Waals surface area contributed by atoms with Crippen LogP contribution in [0, 0.1) is 6.92 Å². The molecule has 0 atom stereocenters. The molecule has 1 N–H and O–H groups in total. The molecular weight excluding hydrogens is 310 g/mol. The van der Waals surface area contributed by atoms with Crippen LogP contribution in [0.5, 0.6) is 5.75 Å². The topological polar surface area (TPSA) is 38.3 Å². The van der Waals surface area contributed by atoms with Crippen molar-refractivity contribution in [1.82, 2.24) is 5.32 Å². The van der Waals surface area contributed by atoms with Crippen LogP contribution in [0.4, 0.5) is 0 Å². The lowest BCUT2D eigenvalue weighted by Gasteiger charge is -2.27. The Bertz CT molecular complexity index is 719. The highest BCUT2D eigenvalue weighted by Gasteiger charge is 2.21. The zero-order valence-corrected chi connectivity index (χ0v) is 15.9. The van der Waals surface area contributed by atoms with Crippen molar-refractivity contribution in [2.45, 2.75) is 59.1 Å². The van der Waals surface area contributed by atoms with Crippen molar-refractivity contribution in [2.75, 3.05) is 0 Å². The van der Waals surface area contributed by atoms with Crippen molar-refractivity contribution in [1.29, 1.82) is 0 Å². The van der Waals surface area contributed by atoms with E-state index in [0.717, 1.165) is 17.7 Å². The molecule has 134 valence electrons. The highest BCUT2D eigenvalue weighted by Crippen LogP contribution is 2.18. The van der Waals surface area contributed by atoms with Gasteiger partial charge in [-0.05, 0) is 69.9 Å². The normalized spacial score (nSPS) is 11.4. The molecule has 0 aliphatic rings. The van der Waals surface area contributed by atoms with E-state index in [9.17, 15) is 4.79 Å². The summed E-state index contributed by atoms with van der Waals surface area (Å²) < 4.78 is 5.70. The second-order valence-corrected chi connectivity index (χ2v) is 7.53. The van der Waals surface area contributed by atoms with E-state index in [2.05, 4.69) is 38.2 Å². The lowest BCUT2D eigenvalue weighted by molar-refractivity contribution is -0.122. The molecule has 2 aromatic rings. The SMILES string of the molecule is Cc1ccccc1CC(C)(C)NC(=O)Cc1cccc(OC(C)C)c1. The fourth-order valence-corrected chi connectivity index (χ4v) is 2.94. The van der Waals surface area contributed by atoms with Crippen LogP contribution in [0.15, 0.2) is 48.5 Å². The summed E-state index contributed by atoms with van der Waals surface area (Å²) in [4.78, 5) is 12.5. The summed E-state index contributed by atoms with van der Waals surface area (Å²) in [6.07, 6.45) is 1.28. The summed E-state index contributed by atoms with van der Waals surface area (Å²) in [5, 5.41) is 3.16. The molecule has 0 saturated carbocycles. The van der Waals surface area contributed by atoms with Crippen molar-refractivity contribution in [2.24, 2.45) is 0 Å². The maximum absolute atomic E-state index is 12.5. The summed E-state index contributed by atoms with van der Waals surface area (Å²) in [6.45, 7) is 10.2. The zero-order chi connectivity index (χ0) is 18.4. The number of carbonyl (C=O) groups is 1. The third-order valence-electron chi connectivity index (χ3n) is 4.01. The first kappa shape index (κ1) is 19.0. The van der Waals surface area contributed by atoms with E-state index in [1.54, 1.807) is 0 Å². The van der Waals surface area contributed by atoms with Gasteiger partial charge in [-0.3, -0.25) is 4.79 Å². The molecule has 2 aromatic carbocycles. The van der Waals surface area contributed by atoms with Gasteiger partial charge in [0.25, 0.3) is 0 Å². The Morgan fingerprint density at radius 2 is 1.84 bits per heavy atom. The van der Waals surface area contributed by atoms with E-state index in [1.165, 1.54) is 11.1 Å². The molecule has 0 spiro atoms. The van der Waals surface area contributed by atoms with Crippen molar-refractivity contribution in [3.63, 3.8) is 0 Å². The Labute approximate surface area is 151 Å². The van der Waals surface area contributed by atoms with Crippen LogP contribution in [0.2, 0.25) is 0 Å². The first-order chi connectivity index (χ1) is 11.7. The summed E-state index contributed by atoms with van der Waals surface area (Å²) in [5.74, 6) is 0.833. The van der Waals surface area contributed by atoms with Gasteiger partial charge in [0, 0.05) is 5.54 Å².